The highest BCUT2D eigenvalue weighted by Crippen LogP contribution is 2.28. The van der Waals surface area contributed by atoms with E-state index in [-0.39, 0.29) is 12.5 Å². The first kappa shape index (κ1) is 15.6. The summed E-state index contributed by atoms with van der Waals surface area (Å²) in [6, 6.07) is 7.97. The van der Waals surface area contributed by atoms with Crippen LogP contribution in [0.3, 0.4) is 0 Å². The Morgan fingerprint density at radius 3 is 2.90 bits per heavy atom. The highest BCUT2D eigenvalue weighted by molar-refractivity contribution is 7.99. The Labute approximate surface area is 129 Å². The van der Waals surface area contributed by atoms with Gasteiger partial charge in [-0.25, -0.2) is 0 Å². The third-order valence-electron chi connectivity index (χ3n) is 3.25. The Bertz CT molecular complexity index is 596. The van der Waals surface area contributed by atoms with Crippen LogP contribution in [0.25, 0.3) is 0 Å². The van der Waals surface area contributed by atoms with Crippen molar-refractivity contribution >= 4 is 23.4 Å². The van der Waals surface area contributed by atoms with Crippen LogP contribution in [0.2, 0.25) is 0 Å². The molecular formula is C16H21N3OS. The number of anilines is 1. The lowest BCUT2D eigenvalue weighted by atomic mass is 10.2. The van der Waals surface area contributed by atoms with Gasteiger partial charge in [0.15, 0.2) is 0 Å². The van der Waals surface area contributed by atoms with Crippen molar-refractivity contribution in [3.05, 3.63) is 42.2 Å². The summed E-state index contributed by atoms with van der Waals surface area (Å²) in [5, 5.41) is 7.56. The molecule has 0 aliphatic carbocycles. The summed E-state index contributed by atoms with van der Waals surface area (Å²) < 4.78 is 1.61. The molecule has 0 spiro atoms. The molecule has 1 aromatic carbocycles. The van der Waals surface area contributed by atoms with Crippen LogP contribution in [-0.2, 0) is 11.3 Å². The fourth-order valence-electron chi connectivity index (χ4n) is 1.90. The van der Waals surface area contributed by atoms with Crippen LogP contribution < -0.4 is 5.32 Å². The average molecular weight is 303 g/mol. The number of carbonyl (C=O) groups excluding carboxylic acids is 1. The van der Waals surface area contributed by atoms with Crippen molar-refractivity contribution in [3.63, 3.8) is 0 Å². The minimum absolute atomic E-state index is 0.0656. The van der Waals surface area contributed by atoms with Gasteiger partial charge in [0.2, 0.25) is 5.91 Å². The minimum atomic E-state index is -0.0656. The summed E-state index contributed by atoms with van der Waals surface area (Å²) in [5.41, 5.74) is 1.94. The second-order valence-corrected chi connectivity index (χ2v) is 6.58. The third-order valence-corrected chi connectivity index (χ3v) is 4.51. The van der Waals surface area contributed by atoms with Crippen LogP contribution in [0.15, 0.2) is 41.6 Å². The van der Waals surface area contributed by atoms with E-state index in [1.807, 2.05) is 24.8 Å². The second kappa shape index (κ2) is 7.31. The molecule has 0 saturated carbocycles. The highest BCUT2D eigenvalue weighted by Gasteiger charge is 2.08. The summed E-state index contributed by atoms with van der Waals surface area (Å²) in [5.74, 6) is -0.0656. The molecule has 1 atom stereocenters. The molecule has 0 fully saturated rings. The van der Waals surface area contributed by atoms with Crippen LogP contribution >= 0.6 is 11.8 Å². The van der Waals surface area contributed by atoms with Crippen molar-refractivity contribution in [1.29, 1.82) is 0 Å². The summed E-state index contributed by atoms with van der Waals surface area (Å²) in [6.45, 7) is 6.66. The van der Waals surface area contributed by atoms with E-state index in [4.69, 9.17) is 0 Å². The summed E-state index contributed by atoms with van der Waals surface area (Å²) in [4.78, 5) is 13.2. The van der Waals surface area contributed by atoms with E-state index < -0.39 is 0 Å². The number of amides is 1. The van der Waals surface area contributed by atoms with Gasteiger partial charge in [-0.15, -0.1) is 11.8 Å². The van der Waals surface area contributed by atoms with E-state index in [0.29, 0.717) is 5.25 Å². The molecular weight excluding hydrogens is 282 g/mol. The lowest BCUT2D eigenvalue weighted by Gasteiger charge is -2.12. The normalized spacial score (nSPS) is 12.1. The zero-order valence-electron chi connectivity index (χ0n) is 12.7. The van der Waals surface area contributed by atoms with Crippen molar-refractivity contribution < 1.29 is 4.79 Å². The molecule has 0 unspecified atom stereocenters. The van der Waals surface area contributed by atoms with Gasteiger partial charge in [-0.1, -0.05) is 13.8 Å². The molecule has 2 rings (SSSR count). The summed E-state index contributed by atoms with van der Waals surface area (Å²) >= 11 is 1.86. The Morgan fingerprint density at radius 2 is 2.29 bits per heavy atom. The zero-order valence-corrected chi connectivity index (χ0v) is 13.5. The molecule has 0 aliphatic rings. The van der Waals surface area contributed by atoms with Gasteiger partial charge in [0.25, 0.3) is 0 Å². The Kier molecular flexibility index (Phi) is 5.44. The maximum absolute atomic E-state index is 12.0. The molecule has 4 nitrogen and oxygen atoms in total. The number of rotatable bonds is 6. The molecule has 0 bridgehead atoms. The standard InChI is InChI=1S/C16H21N3OS/c1-4-13(3)21-14-6-7-15(12(2)10-14)18-16(20)11-19-9-5-8-17-19/h5-10,13H,4,11H2,1-3H3,(H,18,20)/t13-/m0/s1. The predicted octanol–water partition coefficient (Wildman–Crippen LogP) is 3.72. The van der Waals surface area contributed by atoms with E-state index in [9.17, 15) is 4.79 Å². The highest BCUT2D eigenvalue weighted by atomic mass is 32.2. The first-order valence-electron chi connectivity index (χ1n) is 7.13. The second-order valence-electron chi connectivity index (χ2n) is 5.07. The Morgan fingerprint density at radius 1 is 1.48 bits per heavy atom. The lowest BCUT2D eigenvalue weighted by molar-refractivity contribution is -0.116. The summed E-state index contributed by atoms with van der Waals surface area (Å²) in [6.07, 6.45) is 4.59. The number of hydrogen-bond donors (Lipinski definition) is 1. The predicted molar refractivity (Wildman–Crippen MR) is 87.6 cm³/mol. The molecule has 1 aromatic heterocycles. The Hall–Kier alpha value is -1.75. The van der Waals surface area contributed by atoms with Gasteiger partial charge in [0, 0.05) is 28.2 Å². The van der Waals surface area contributed by atoms with Gasteiger partial charge in [-0.05, 0) is 43.2 Å². The molecule has 0 radical (unpaired) electrons. The first-order chi connectivity index (χ1) is 10.1. The number of aromatic nitrogens is 2. The largest absolute Gasteiger partial charge is 0.324 e. The number of nitrogens with zero attached hydrogens (tertiary/aromatic N) is 2. The van der Waals surface area contributed by atoms with Crippen molar-refractivity contribution in [1.82, 2.24) is 9.78 Å². The fourth-order valence-corrected chi connectivity index (χ4v) is 2.92. The first-order valence-corrected chi connectivity index (χ1v) is 8.01. The van der Waals surface area contributed by atoms with Gasteiger partial charge in [-0.2, -0.15) is 5.10 Å². The topological polar surface area (TPSA) is 46.9 Å². The van der Waals surface area contributed by atoms with Gasteiger partial charge < -0.3 is 5.32 Å². The summed E-state index contributed by atoms with van der Waals surface area (Å²) in [7, 11) is 0. The van der Waals surface area contributed by atoms with E-state index in [1.54, 1.807) is 23.1 Å². The molecule has 5 heteroatoms. The Balaban J connectivity index is 1.98. The number of aryl methyl sites for hydroxylation is 1. The molecule has 0 saturated heterocycles. The molecule has 1 amide bonds. The third kappa shape index (κ3) is 4.63. The van der Waals surface area contributed by atoms with Gasteiger partial charge >= 0.3 is 0 Å². The maximum Gasteiger partial charge on any atom is 0.246 e. The molecule has 1 heterocycles. The van der Waals surface area contributed by atoms with Crippen molar-refractivity contribution in [2.24, 2.45) is 0 Å². The van der Waals surface area contributed by atoms with Gasteiger partial charge in [-0.3, -0.25) is 9.48 Å². The molecule has 0 aliphatic heterocycles. The van der Waals surface area contributed by atoms with Crippen molar-refractivity contribution in [2.75, 3.05) is 5.32 Å². The van der Waals surface area contributed by atoms with E-state index in [0.717, 1.165) is 17.7 Å². The monoisotopic (exact) mass is 303 g/mol. The smallest absolute Gasteiger partial charge is 0.246 e. The van der Waals surface area contributed by atoms with Gasteiger partial charge in [0.1, 0.15) is 6.54 Å². The van der Waals surface area contributed by atoms with Crippen LogP contribution in [0.5, 0.6) is 0 Å². The quantitative estimate of drug-likeness (QED) is 0.827. The van der Waals surface area contributed by atoms with Crippen LogP contribution in [0, 0.1) is 6.92 Å². The number of thioether (sulfide) groups is 1. The van der Waals surface area contributed by atoms with Gasteiger partial charge in [0.05, 0.1) is 0 Å². The fraction of sp³-hybridized carbons (Fsp3) is 0.375. The minimum Gasteiger partial charge on any atom is -0.324 e. The molecule has 2 aromatic rings. The number of carbonyl (C=O) groups is 1. The number of nitrogens with one attached hydrogen (secondary N) is 1. The number of benzene rings is 1. The van der Waals surface area contributed by atoms with E-state index in [2.05, 4.69) is 36.4 Å². The van der Waals surface area contributed by atoms with Crippen LogP contribution in [0.1, 0.15) is 25.8 Å². The van der Waals surface area contributed by atoms with Crippen molar-refractivity contribution in [2.45, 2.75) is 43.9 Å². The van der Waals surface area contributed by atoms with E-state index >= 15 is 0 Å². The van der Waals surface area contributed by atoms with Crippen LogP contribution in [-0.4, -0.2) is 20.9 Å². The maximum atomic E-state index is 12.0. The van der Waals surface area contributed by atoms with Crippen LogP contribution in [0.4, 0.5) is 5.69 Å². The number of hydrogen-bond acceptors (Lipinski definition) is 3. The zero-order chi connectivity index (χ0) is 15.2. The van der Waals surface area contributed by atoms with E-state index in [1.165, 1.54) is 4.90 Å². The SMILES string of the molecule is CC[C@H](C)Sc1ccc(NC(=O)Cn2cccn2)c(C)c1. The average Bonchev–Trinajstić information content (AvgIpc) is 2.94. The molecule has 112 valence electrons. The van der Waals surface area contributed by atoms with Crippen molar-refractivity contribution in [3.8, 4) is 0 Å². The lowest BCUT2D eigenvalue weighted by Crippen LogP contribution is -2.19. The molecule has 21 heavy (non-hydrogen) atoms. The molecule has 1 N–H and O–H groups in total.